The number of nitrogens with one attached hydrogen (secondary N) is 3. The molecular weight excluding hydrogens is 534 g/mol. The summed E-state index contributed by atoms with van der Waals surface area (Å²) >= 11 is 0. The molecule has 0 aliphatic heterocycles. The zero-order valence-electron chi connectivity index (χ0n) is 22.1. The predicted molar refractivity (Wildman–Crippen MR) is 149 cm³/mol. The summed E-state index contributed by atoms with van der Waals surface area (Å²) in [7, 11) is 3.70. The number of nitrogens with zero attached hydrogens (tertiary/aromatic N) is 5. The van der Waals surface area contributed by atoms with Gasteiger partial charge in [-0.3, -0.25) is 24.4 Å². The van der Waals surface area contributed by atoms with Crippen molar-refractivity contribution >= 4 is 46.3 Å². The number of carbonyl (C=O) groups excluding carboxylic acids is 1. The Morgan fingerprint density at radius 2 is 1.88 bits per heavy atom. The standard InChI is InChI=1S/C26H27N9O6/c1-35(2)15-7-8-28-19(10-15)17-9-13(3-4-16(17)23(38)32-18(25(40)41)5-6-20(36)37)29-11-14-12-30-22-21(31-14)24(39)34-26(27)33-22/h3-4,7-10,12,18,29H,5-6,11H2,1-2H3,(H,32,38)(H,36,37)(H,40,41)(H3,27,30,33,34,39). The summed E-state index contributed by atoms with van der Waals surface area (Å²) in [4.78, 5) is 69.1. The molecule has 0 saturated carbocycles. The predicted octanol–water partition coefficient (Wildman–Crippen LogP) is 1.08. The van der Waals surface area contributed by atoms with Crippen molar-refractivity contribution in [3.63, 3.8) is 0 Å². The summed E-state index contributed by atoms with van der Waals surface area (Å²) in [5, 5.41) is 24.0. The molecule has 0 bridgehead atoms. The van der Waals surface area contributed by atoms with Crippen molar-refractivity contribution in [3.05, 3.63) is 64.3 Å². The van der Waals surface area contributed by atoms with E-state index >= 15 is 0 Å². The second-order valence-electron chi connectivity index (χ2n) is 9.19. The molecule has 0 aliphatic carbocycles. The van der Waals surface area contributed by atoms with Crippen molar-refractivity contribution in [3.8, 4) is 11.3 Å². The van der Waals surface area contributed by atoms with E-state index in [1.165, 1.54) is 12.3 Å². The molecule has 0 saturated heterocycles. The molecule has 0 fully saturated rings. The van der Waals surface area contributed by atoms with E-state index in [0.29, 0.717) is 22.6 Å². The maximum absolute atomic E-state index is 13.2. The Kier molecular flexibility index (Phi) is 8.36. The minimum atomic E-state index is -1.40. The van der Waals surface area contributed by atoms with Crippen LogP contribution in [0.25, 0.3) is 22.4 Å². The van der Waals surface area contributed by atoms with Gasteiger partial charge in [0.2, 0.25) is 5.95 Å². The Hall–Kier alpha value is -5.60. The molecule has 7 N–H and O–H groups in total. The highest BCUT2D eigenvalue weighted by molar-refractivity contribution is 6.02. The van der Waals surface area contributed by atoms with Crippen molar-refractivity contribution in [2.24, 2.45) is 0 Å². The van der Waals surface area contributed by atoms with E-state index in [4.69, 9.17) is 10.8 Å². The van der Waals surface area contributed by atoms with Crippen LogP contribution in [-0.2, 0) is 16.1 Å². The largest absolute Gasteiger partial charge is 0.481 e. The molecule has 0 radical (unpaired) electrons. The van der Waals surface area contributed by atoms with Crippen LogP contribution in [0.4, 0.5) is 17.3 Å². The van der Waals surface area contributed by atoms with Crippen molar-refractivity contribution in [2.45, 2.75) is 25.4 Å². The lowest BCUT2D eigenvalue weighted by Gasteiger charge is -2.18. The fourth-order valence-electron chi connectivity index (χ4n) is 3.92. The van der Waals surface area contributed by atoms with Crippen LogP contribution in [0.5, 0.6) is 0 Å². The first-order chi connectivity index (χ1) is 19.5. The van der Waals surface area contributed by atoms with Gasteiger partial charge < -0.3 is 31.5 Å². The van der Waals surface area contributed by atoms with Gasteiger partial charge in [-0.15, -0.1) is 0 Å². The molecule has 3 heterocycles. The normalized spacial score (nSPS) is 11.6. The van der Waals surface area contributed by atoms with Crippen LogP contribution < -0.4 is 26.8 Å². The number of carboxylic acid groups (broad SMARTS) is 2. The molecule has 1 unspecified atom stereocenters. The second kappa shape index (κ2) is 12.1. The number of hydrogen-bond acceptors (Lipinski definition) is 11. The smallest absolute Gasteiger partial charge is 0.326 e. The maximum Gasteiger partial charge on any atom is 0.326 e. The number of pyridine rings is 1. The molecule has 3 aromatic heterocycles. The highest BCUT2D eigenvalue weighted by Gasteiger charge is 2.24. The lowest BCUT2D eigenvalue weighted by Crippen LogP contribution is -2.41. The summed E-state index contributed by atoms with van der Waals surface area (Å²) in [5.74, 6) is -3.29. The number of amides is 1. The van der Waals surface area contributed by atoms with E-state index in [-0.39, 0.29) is 35.6 Å². The minimum absolute atomic E-state index is 0.0341. The fourth-order valence-corrected chi connectivity index (χ4v) is 3.92. The van der Waals surface area contributed by atoms with Crippen LogP contribution in [0.15, 0.2) is 47.5 Å². The molecule has 0 aliphatic rings. The summed E-state index contributed by atoms with van der Waals surface area (Å²) in [6.45, 7) is 0.166. The number of hydrogen-bond donors (Lipinski definition) is 6. The first-order valence-corrected chi connectivity index (χ1v) is 12.3. The molecule has 41 heavy (non-hydrogen) atoms. The van der Waals surface area contributed by atoms with Gasteiger partial charge in [-0.25, -0.2) is 14.8 Å². The van der Waals surface area contributed by atoms with Gasteiger partial charge in [0.05, 0.1) is 24.1 Å². The lowest BCUT2D eigenvalue weighted by molar-refractivity contribution is -0.140. The molecule has 15 heteroatoms. The number of carbonyl (C=O) groups is 3. The Morgan fingerprint density at radius 1 is 1.10 bits per heavy atom. The molecular formula is C26H27N9O6. The Labute approximate surface area is 232 Å². The van der Waals surface area contributed by atoms with Crippen LogP contribution in [0.3, 0.4) is 0 Å². The van der Waals surface area contributed by atoms with E-state index in [1.807, 2.05) is 19.0 Å². The van der Waals surface area contributed by atoms with Gasteiger partial charge >= 0.3 is 11.9 Å². The van der Waals surface area contributed by atoms with E-state index in [9.17, 15) is 24.3 Å². The van der Waals surface area contributed by atoms with Crippen molar-refractivity contribution in [2.75, 3.05) is 30.0 Å². The molecule has 1 aromatic carbocycles. The van der Waals surface area contributed by atoms with Gasteiger partial charge in [0.1, 0.15) is 6.04 Å². The van der Waals surface area contributed by atoms with E-state index in [0.717, 1.165) is 5.69 Å². The maximum atomic E-state index is 13.2. The van der Waals surface area contributed by atoms with Crippen molar-refractivity contribution in [1.82, 2.24) is 30.2 Å². The first kappa shape index (κ1) is 28.4. The van der Waals surface area contributed by atoms with Gasteiger partial charge in [-0.05, 0) is 36.8 Å². The highest BCUT2D eigenvalue weighted by atomic mass is 16.4. The number of H-pyrrole nitrogens is 1. The highest BCUT2D eigenvalue weighted by Crippen LogP contribution is 2.28. The van der Waals surface area contributed by atoms with Gasteiger partial charge in [-0.1, -0.05) is 0 Å². The topological polar surface area (TPSA) is 229 Å². The summed E-state index contributed by atoms with van der Waals surface area (Å²) in [6, 6.07) is 6.97. The number of anilines is 3. The lowest BCUT2D eigenvalue weighted by atomic mass is 10.0. The zero-order valence-corrected chi connectivity index (χ0v) is 22.1. The second-order valence-corrected chi connectivity index (χ2v) is 9.19. The van der Waals surface area contributed by atoms with E-state index < -0.39 is 35.9 Å². The van der Waals surface area contributed by atoms with Gasteiger partial charge in [0.25, 0.3) is 11.5 Å². The average Bonchev–Trinajstić information content (AvgIpc) is 2.93. The monoisotopic (exact) mass is 561 g/mol. The van der Waals surface area contributed by atoms with Crippen molar-refractivity contribution in [1.29, 1.82) is 0 Å². The Morgan fingerprint density at radius 3 is 2.59 bits per heavy atom. The first-order valence-electron chi connectivity index (χ1n) is 12.3. The molecule has 212 valence electrons. The number of nitrogen functional groups attached to an aromatic ring is 1. The third-order valence-corrected chi connectivity index (χ3v) is 6.01. The number of carboxylic acids is 2. The number of aromatic amines is 1. The number of benzene rings is 1. The van der Waals surface area contributed by atoms with Crippen LogP contribution in [0.2, 0.25) is 0 Å². The number of fused-ring (bicyclic) bond motifs is 1. The SMILES string of the molecule is CN(C)c1ccnc(-c2cc(NCc3cnc4nc(N)[nH]c(=O)c4n3)ccc2C(=O)NC(CCC(=O)O)C(=O)O)c1. The molecule has 15 nitrogen and oxygen atoms in total. The average molecular weight is 562 g/mol. The number of aliphatic carboxylic acids is 2. The van der Waals surface area contributed by atoms with Crippen LogP contribution in [-0.4, -0.2) is 73.1 Å². The molecule has 4 aromatic rings. The number of nitrogens with two attached hydrogens (primary N) is 1. The molecule has 0 spiro atoms. The molecule has 1 amide bonds. The summed E-state index contributed by atoms with van der Waals surface area (Å²) < 4.78 is 0. The van der Waals surface area contributed by atoms with Crippen LogP contribution in [0.1, 0.15) is 28.9 Å². The third-order valence-electron chi connectivity index (χ3n) is 6.01. The Balaban J connectivity index is 1.65. The van der Waals surface area contributed by atoms with Gasteiger partial charge in [-0.2, -0.15) is 4.98 Å². The fraction of sp³-hybridized carbons (Fsp3) is 0.231. The quantitative estimate of drug-likeness (QED) is 0.151. The van der Waals surface area contributed by atoms with Gasteiger partial charge in [0, 0.05) is 49.2 Å². The summed E-state index contributed by atoms with van der Waals surface area (Å²) in [5.41, 5.74) is 7.99. The van der Waals surface area contributed by atoms with Crippen LogP contribution >= 0.6 is 0 Å². The summed E-state index contributed by atoms with van der Waals surface area (Å²) in [6.07, 6.45) is 2.33. The van der Waals surface area contributed by atoms with E-state index in [2.05, 4.69) is 35.6 Å². The molecule has 4 rings (SSSR count). The van der Waals surface area contributed by atoms with Crippen LogP contribution in [0, 0.1) is 0 Å². The molecule has 1 atom stereocenters. The third kappa shape index (κ3) is 6.89. The number of rotatable bonds is 11. The van der Waals surface area contributed by atoms with Crippen molar-refractivity contribution < 1.29 is 24.6 Å². The Bertz CT molecular complexity index is 1690. The van der Waals surface area contributed by atoms with E-state index in [1.54, 1.807) is 30.5 Å². The zero-order chi connectivity index (χ0) is 29.7. The number of aromatic nitrogens is 5. The van der Waals surface area contributed by atoms with Gasteiger partial charge in [0.15, 0.2) is 11.2 Å². The minimum Gasteiger partial charge on any atom is -0.481 e.